The number of methoxy groups -OCH3 is 1. The van der Waals surface area contributed by atoms with E-state index in [1.807, 2.05) is 0 Å². The van der Waals surface area contributed by atoms with Gasteiger partial charge in [-0.3, -0.25) is 4.72 Å². The van der Waals surface area contributed by atoms with Crippen LogP contribution in [0.4, 0.5) is 14.5 Å². The predicted molar refractivity (Wildman–Crippen MR) is 94.5 cm³/mol. The van der Waals surface area contributed by atoms with Crippen molar-refractivity contribution >= 4 is 15.7 Å². The minimum atomic E-state index is -4.54. The first-order chi connectivity index (χ1) is 12.9. The van der Waals surface area contributed by atoms with Crippen molar-refractivity contribution in [3.8, 4) is 17.4 Å². The summed E-state index contributed by atoms with van der Waals surface area (Å²) in [6.45, 7) is 0. The average molecular weight is 392 g/mol. The van der Waals surface area contributed by atoms with Gasteiger partial charge in [-0.15, -0.1) is 0 Å². The molecule has 0 aliphatic rings. The summed E-state index contributed by atoms with van der Waals surface area (Å²) in [6, 6.07) is 12.1. The summed E-state index contributed by atoms with van der Waals surface area (Å²) in [6.07, 6.45) is 1.39. The van der Waals surface area contributed by atoms with Gasteiger partial charge in [0.15, 0.2) is 4.90 Å². The van der Waals surface area contributed by atoms with Crippen LogP contribution in [0.1, 0.15) is 0 Å². The zero-order valence-electron chi connectivity index (χ0n) is 14.0. The highest BCUT2D eigenvalue weighted by Crippen LogP contribution is 2.30. The van der Waals surface area contributed by atoms with Crippen LogP contribution >= 0.6 is 0 Å². The molecule has 1 heterocycles. The lowest BCUT2D eigenvalue weighted by Gasteiger charge is -2.13. The number of pyridine rings is 1. The summed E-state index contributed by atoms with van der Waals surface area (Å²) in [7, 11) is -3.02. The number of hydrogen-bond acceptors (Lipinski definition) is 5. The molecule has 2 aromatic carbocycles. The first kappa shape index (κ1) is 18.6. The Morgan fingerprint density at radius 2 is 1.56 bits per heavy atom. The number of sulfonamides is 1. The van der Waals surface area contributed by atoms with Crippen LogP contribution in [0, 0.1) is 11.6 Å². The maximum Gasteiger partial charge on any atom is 0.267 e. The van der Waals surface area contributed by atoms with Gasteiger partial charge in [-0.25, -0.2) is 22.2 Å². The van der Waals surface area contributed by atoms with Gasteiger partial charge in [0.2, 0.25) is 5.88 Å². The Labute approximate surface area is 154 Å². The molecule has 0 atom stereocenters. The van der Waals surface area contributed by atoms with Crippen LogP contribution in [0.3, 0.4) is 0 Å². The Balaban J connectivity index is 1.91. The maximum absolute atomic E-state index is 13.8. The van der Waals surface area contributed by atoms with Crippen molar-refractivity contribution in [3.05, 3.63) is 72.4 Å². The predicted octanol–water partition coefficient (Wildman–Crippen LogP) is 3.96. The number of ether oxygens (including phenoxy) is 2. The van der Waals surface area contributed by atoms with E-state index in [2.05, 4.69) is 9.71 Å². The molecule has 0 amide bonds. The zero-order valence-corrected chi connectivity index (χ0v) is 14.8. The highest BCUT2D eigenvalue weighted by Gasteiger charge is 2.25. The van der Waals surface area contributed by atoms with Gasteiger partial charge >= 0.3 is 0 Å². The number of halogens is 2. The molecule has 0 fully saturated rings. The molecule has 9 heteroatoms. The lowest BCUT2D eigenvalue weighted by molar-refractivity contribution is 0.412. The third-order valence-electron chi connectivity index (χ3n) is 3.48. The van der Waals surface area contributed by atoms with E-state index in [1.165, 1.54) is 25.4 Å². The van der Waals surface area contributed by atoms with E-state index in [9.17, 15) is 17.2 Å². The van der Waals surface area contributed by atoms with Crippen molar-refractivity contribution in [3.63, 3.8) is 0 Å². The fourth-order valence-corrected chi connectivity index (χ4v) is 3.44. The Hall–Kier alpha value is -3.20. The molecule has 0 saturated carbocycles. The number of benzene rings is 2. The number of nitrogens with zero attached hydrogens (tertiary/aromatic N) is 1. The summed E-state index contributed by atoms with van der Waals surface area (Å²) < 4.78 is 65.3. The smallest absolute Gasteiger partial charge is 0.267 e. The van der Waals surface area contributed by atoms with Crippen LogP contribution in [0.25, 0.3) is 0 Å². The van der Waals surface area contributed by atoms with E-state index in [1.54, 1.807) is 24.3 Å². The second-order valence-electron chi connectivity index (χ2n) is 5.29. The van der Waals surface area contributed by atoms with E-state index in [4.69, 9.17) is 9.47 Å². The molecule has 6 nitrogen and oxygen atoms in total. The van der Waals surface area contributed by atoms with Gasteiger partial charge in [0.05, 0.1) is 7.11 Å². The van der Waals surface area contributed by atoms with E-state index >= 15 is 0 Å². The standard InChI is InChI=1S/C18H14F2N2O4S/c1-25-12-7-9-13(10-8-12)26-18-16(6-3-11-21-18)22-27(23,24)17-14(19)4-2-5-15(17)20/h2-11,22H,1H3. The summed E-state index contributed by atoms with van der Waals surface area (Å²) in [4.78, 5) is 2.89. The lowest BCUT2D eigenvalue weighted by Crippen LogP contribution is -2.17. The Kier molecular flexibility index (Phi) is 5.22. The SMILES string of the molecule is COc1ccc(Oc2ncccc2NS(=O)(=O)c2c(F)cccc2F)cc1. The summed E-state index contributed by atoms with van der Waals surface area (Å²) in [5, 5.41) is 0. The van der Waals surface area contributed by atoms with Crippen LogP contribution < -0.4 is 14.2 Å². The number of aromatic nitrogens is 1. The third-order valence-corrected chi connectivity index (χ3v) is 4.89. The second kappa shape index (κ2) is 7.58. The molecule has 1 N–H and O–H groups in total. The Morgan fingerprint density at radius 1 is 0.926 bits per heavy atom. The molecule has 0 radical (unpaired) electrons. The second-order valence-corrected chi connectivity index (χ2v) is 6.91. The van der Waals surface area contributed by atoms with E-state index in [0.717, 1.165) is 18.2 Å². The highest BCUT2D eigenvalue weighted by molar-refractivity contribution is 7.92. The molecule has 1 aromatic heterocycles. The molecule has 140 valence electrons. The van der Waals surface area contributed by atoms with Crippen molar-refractivity contribution in [2.75, 3.05) is 11.8 Å². The monoisotopic (exact) mass is 392 g/mol. The molecule has 3 aromatic rings. The summed E-state index contributed by atoms with van der Waals surface area (Å²) in [5.74, 6) is -1.51. The zero-order chi connectivity index (χ0) is 19.4. The van der Waals surface area contributed by atoms with Gasteiger partial charge in [0.1, 0.15) is 28.8 Å². The topological polar surface area (TPSA) is 77.5 Å². The molecule has 0 aliphatic carbocycles. The van der Waals surface area contributed by atoms with Crippen LogP contribution in [-0.4, -0.2) is 20.5 Å². The van der Waals surface area contributed by atoms with Crippen molar-refractivity contribution < 1.29 is 26.7 Å². The molecule has 0 unspecified atom stereocenters. The van der Waals surface area contributed by atoms with E-state index in [-0.39, 0.29) is 11.6 Å². The Morgan fingerprint density at radius 3 is 2.19 bits per heavy atom. The molecular formula is C18H14F2N2O4S. The average Bonchev–Trinajstić information content (AvgIpc) is 2.63. The maximum atomic E-state index is 13.8. The fourth-order valence-electron chi connectivity index (χ4n) is 2.24. The van der Waals surface area contributed by atoms with Crippen LogP contribution in [0.5, 0.6) is 17.4 Å². The van der Waals surface area contributed by atoms with Crippen LogP contribution in [0.15, 0.2) is 65.7 Å². The molecule has 0 aliphatic heterocycles. The minimum absolute atomic E-state index is 0.0732. The van der Waals surface area contributed by atoms with Gasteiger partial charge in [-0.2, -0.15) is 0 Å². The molecular weight excluding hydrogens is 378 g/mol. The highest BCUT2D eigenvalue weighted by atomic mass is 32.2. The fraction of sp³-hybridized carbons (Fsp3) is 0.0556. The van der Waals surface area contributed by atoms with Gasteiger partial charge in [-0.1, -0.05) is 6.07 Å². The summed E-state index contributed by atoms with van der Waals surface area (Å²) >= 11 is 0. The van der Waals surface area contributed by atoms with Gasteiger partial charge in [0.25, 0.3) is 10.0 Å². The number of rotatable bonds is 6. The van der Waals surface area contributed by atoms with Crippen LogP contribution in [-0.2, 0) is 10.0 Å². The van der Waals surface area contributed by atoms with E-state index < -0.39 is 26.6 Å². The minimum Gasteiger partial charge on any atom is -0.497 e. The first-order valence-electron chi connectivity index (χ1n) is 7.64. The number of hydrogen-bond donors (Lipinski definition) is 1. The molecule has 3 rings (SSSR count). The molecule has 27 heavy (non-hydrogen) atoms. The van der Waals surface area contributed by atoms with Gasteiger partial charge in [-0.05, 0) is 48.5 Å². The number of nitrogens with one attached hydrogen (secondary N) is 1. The number of anilines is 1. The van der Waals surface area contributed by atoms with Gasteiger partial charge in [0, 0.05) is 6.20 Å². The first-order valence-corrected chi connectivity index (χ1v) is 9.13. The van der Waals surface area contributed by atoms with Crippen molar-refractivity contribution in [1.29, 1.82) is 0 Å². The molecule has 0 bridgehead atoms. The molecule has 0 spiro atoms. The Bertz CT molecular complexity index is 1040. The quantitative estimate of drug-likeness (QED) is 0.687. The lowest BCUT2D eigenvalue weighted by atomic mass is 10.3. The van der Waals surface area contributed by atoms with Gasteiger partial charge < -0.3 is 9.47 Å². The van der Waals surface area contributed by atoms with Crippen molar-refractivity contribution in [1.82, 2.24) is 4.98 Å². The normalized spacial score (nSPS) is 11.1. The third kappa shape index (κ3) is 4.14. The largest absolute Gasteiger partial charge is 0.497 e. The summed E-state index contributed by atoms with van der Waals surface area (Å²) in [5.41, 5.74) is -0.0732. The van der Waals surface area contributed by atoms with Crippen LogP contribution in [0.2, 0.25) is 0 Å². The molecule has 0 saturated heterocycles. The van der Waals surface area contributed by atoms with Crippen molar-refractivity contribution in [2.24, 2.45) is 0 Å². The van der Waals surface area contributed by atoms with E-state index in [0.29, 0.717) is 11.5 Å². The van der Waals surface area contributed by atoms with Crippen molar-refractivity contribution in [2.45, 2.75) is 4.90 Å².